The second kappa shape index (κ2) is 3.15. The molecule has 0 saturated heterocycles. The molecule has 2 rings (SSSR count). The van der Waals surface area contributed by atoms with E-state index in [9.17, 15) is 0 Å². The maximum atomic E-state index is 8.57. The number of fused-ring (bicyclic) bond motifs is 1. The highest BCUT2D eigenvalue weighted by molar-refractivity contribution is 5.03. The Morgan fingerprint density at radius 2 is 2.69 bits per heavy atom. The van der Waals surface area contributed by atoms with Gasteiger partial charge in [-0.05, 0) is 19.3 Å². The number of rotatable bonds is 2. The zero-order valence-corrected chi connectivity index (χ0v) is 7.22. The summed E-state index contributed by atoms with van der Waals surface area (Å²) in [4.78, 5) is 0. The molecule has 0 bridgehead atoms. The van der Waals surface area contributed by atoms with Crippen molar-refractivity contribution in [1.82, 2.24) is 15.0 Å². The van der Waals surface area contributed by atoms with Gasteiger partial charge < -0.3 is 5.73 Å². The molecule has 0 aromatic carbocycles. The third kappa shape index (κ3) is 1.40. The topological polar surface area (TPSA) is 80.5 Å². The van der Waals surface area contributed by atoms with E-state index < -0.39 is 0 Å². The predicted octanol–water partition coefficient (Wildman–Crippen LogP) is 0.00638. The maximum absolute atomic E-state index is 8.57. The van der Waals surface area contributed by atoms with E-state index in [1.807, 2.05) is 10.8 Å². The molecule has 0 radical (unpaired) electrons. The van der Waals surface area contributed by atoms with E-state index in [0.717, 1.165) is 18.5 Å². The van der Waals surface area contributed by atoms with E-state index >= 15 is 0 Å². The highest BCUT2D eigenvalue weighted by atomic mass is 15.4. The summed E-state index contributed by atoms with van der Waals surface area (Å²) >= 11 is 0. The van der Waals surface area contributed by atoms with E-state index in [4.69, 9.17) is 11.0 Å². The van der Waals surface area contributed by atoms with Gasteiger partial charge in [0.15, 0.2) is 0 Å². The number of aromatic nitrogens is 3. The molecule has 2 heterocycles. The average Bonchev–Trinajstić information content (AvgIpc) is 2.69. The highest BCUT2D eigenvalue weighted by Crippen LogP contribution is 2.26. The lowest BCUT2D eigenvalue weighted by atomic mass is 10.1. The summed E-state index contributed by atoms with van der Waals surface area (Å²) in [7, 11) is 0. The summed E-state index contributed by atoms with van der Waals surface area (Å²) in [6.07, 6.45) is 4.47. The van der Waals surface area contributed by atoms with Gasteiger partial charge in [0, 0.05) is 0 Å². The number of hydrogen-bond donors (Lipinski definition) is 1. The monoisotopic (exact) mass is 177 g/mol. The molecule has 5 heteroatoms. The summed E-state index contributed by atoms with van der Waals surface area (Å²) in [5.74, 6) is 0. The Bertz CT molecular complexity index is 337. The normalized spacial score (nSPS) is 22.3. The van der Waals surface area contributed by atoms with Crippen LogP contribution in [0.3, 0.4) is 0 Å². The largest absolute Gasteiger partial charge is 0.316 e. The van der Waals surface area contributed by atoms with E-state index in [2.05, 4.69) is 10.3 Å². The molecule has 1 aliphatic heterocycles. The first-order chi connectivity index (χ1) is 6.31. The Hall–Kier alpha value is -1.41. The van der Waals surface area contributed by atoms with Crippen molar-refractivity contribution >= 4 is 0 Å². The third-order valence-corrected chi connectivity index (χ3v) is 2.42. The summed E-state index contributed by atoms with van der Waals surface area (Å²) in [6.45, 7) is 0. The fraction of sp³-hybridized carbons (Fsp3) is 0.625. The lowest BCUT2D eigenvalue weighted by Gasteiger charge is -2.11. The van der Waals surface area contributed by atoms with Crippen LogP contribution in [0.25, 0.3) is 0 Å². The van der Waals surface area contributed by atoms with Crippen molar-refractivity contribution < 1.29 is 0 Å². The minimum absolute atomic E-state index is 0.271. The SMILES string of the molecule is N#CC(N)CC1CCc2cnnn21. The second-order valence-corrected chi connectivity index (χ2v) is 3.33. The van der Waals surface area contributed by atoms with Gasteiger partial charge in [-0.15, -0.1) is 5.10 Å². The molecule has 0 saturated carbocycles. The van der Waals surface area contributed by atoms with Crippen LogP contribution in [0.2, 0.25) is 0 Å². The Morgan fingerprint density at radius 1 is 1.85 bits per heavy atom. The molecule has 0 aliphatic carbocycles. The molecular formula is C8H11N5. The lowest BCUT2D eigenvalue weighted by molar-refractivity contribution is 0.422. The van der Waals surface area contributed by atoms with Crippen LogP contribution in [0, 0.1) is 11.3 Å². The summed E-state index contributed by atoms with van der Waals surface area (Å²) in [5, 5.41) is 16.4. The standard InChI is InChI=1S/C8H11N5/c9-4-6(10)3-7-1-2-8-5-11-12-13(7)8/h5-7H,1-3,10H2. The average molecular weight is 177 g/mol. The van der Waals surface area contributed by atoms with Gasteiger partial charge in [-0.1, -0.05) is 5.21 Å². The van der Waals surface area contributed by atoms with Crippen LogP contribution >= 0.6 is 0 Å². The highest BCUT2D eigenvalue weighted by Gasteiger charge is 2.24. The molecule has 2 N–H and O–H groups in total. The molecule has 1 aromatic heterocycles. The van der Waals surface area contributed by atoms with Crippen molar-refractivity contribution in [2.24, 2.45) is 5.73 Å². The minimum atomic E-state index is -0.389. The van der Waals surface area contributed by atoms with E-state index in [-0.39, 0.29) is 12.1 Å². The van der Waals surface area contributed by atoms with Crippen LogP contribution in [0.4, 0.5) is 0 Å². The molecule has 1 aliphatic rings. The Kier molecular flexibility index (Phi) is 1.99. The molecule has 0 amide bonds. The van der Waals surface area contributed by atoms with Gasteiger partial charge in [0.2, 0.25) is 0 Å². The molecule has 0 spiro atoms. The molecule has 68 valence electrons. The van der Waals surface area contributed by atoms with Crippen molar-refractivity contribution in [2.45, 2.75) is 31.3 Å². The van der Waals surface area contributed by atoms with E-state index in [0.29, 0.717) is 6.42 Å². The molecular weight excluding hydrogens is 166 g/mol. The first kappa shape index (κ1) is 8.20. The van der Waals surface area contributed by atoms with Crippen molar-refractivity contribution in [1.29, 1.82) is 5.26 Å². The quantitative estimate of drug-likeness (QED) is 0.689. The van der Waals surface area contributed by atoms with Gasteiger partial charge in [0.1, 0.15) is 0 Å². The number of nitrogens with zero attached hydrogens (tertiary/aromatic N) is 4. The van der Waals surface area contributed by atoms with Gasteiger partial charge in [0.25, 0.3) is 0 Å². The Labute approximate surface area is 76.1 Å². The van der Waals surface area contributed by atoms with Crippen LogP contribution in [0.5, 0.6) is 0 Å². The van der Waals surface area contributed by atoms with Crippen molar-refractivity contribution in [3.05, 3.63) is 11.9 Å². The zero-order chi connectivity index (χ0) is 9.26. The van der Waals surface area contributed by atoms with Crippen LogP contribution in [-0.4, -0.2) is 21.0 Å². The van der Waals surface area contributed by atoms with Crippen LogP contribution in [0.1, 0.15) is 24.6 Å². The lowest BCUT2D eigenvalue weighted by Crippen LogP contribution is -2.22. The number of nitrogens with two attached hydrogens (primary N) is 1. The number of aryl methyl sites for hydroxylation is 1. The molecule has 2 atom stereocenters. The predicted molar refractivity (Wildman–Crippen MR) is 45.6 cm³/mol. The first-order valence-corrected chi connectivity index (χ1v) is 4.35. The smallest absolute Gasteiger partial charge is 0.0948 e. The maximum Gasteiger partial charge on any atom is 0.0948 e. The van der Waals surface area contributed by atoms with Gasteiger partial charge >= 0.3 is 0 Å². The van der Waals surface area contributed by atoms with E-state index in [1.54, 1.807) is 6.20 Å². The van der Waals surface area contributed by atoms with Gasteiger partial charge in [-0.2, -0.15) is 5.26 Å². The van der Waals surface area contributed by atoms with Crippen LogP contribution < -0.4 is 5.73 Å². The fourth-order valence-electron chi connectivity index (χ4n) is 1.75. The molecule has 1 aromatic rings. The third-order valence-electron chi connectivity index (χ3n) is 2.42. The Balaban J connectivity index is 2.09. The van der Waals surface area contributed by atoms with Gasteiger partial charge in [-0.3, -0.25) is 0 Å². The Morgan fingerprint density at radius 3 is 3.46 bits per heavy atom. The summed E-state index contributed by atoms with van der Waals surface area (Å²) < 4.78 is 1.89. The molecule has 5 nitrogen and oxygen atoms in total. The summed E-state index contributed by atoms with van der Waals surface area (Å²) in [6, 6.07) is 1.91. The van der Waals surface area contributed by atoms with Crippen molar-refractivity contribution in [2.75, 3.05) is 0 Å². The number of nitriles is 1. The van der Waals surface area contributed by atoms with Gasteiger partial charge in [-0.25, -0.2) is 4.68 Å². The van der Waals surface area contributed by atoms with Crippen molar-refractivity contribution in [3.63, 3.8) is 0 Å². The van der Waals surface area contributed by atoms with Crippen LogP contribution in [0.15, 0.2) is 6.20 Å². The van der Waals surface area contributed by atoms with Gasteiger partial charge in [0.05, 0.1) is 30.0 Å². The molecule has 0 fully saturated rings. The minimum Gasteiger partial charge on any atom is -0.316 e. The van der Waals surface area contributed by atoms with Crippen molar-refractivity contribution in [3.8, 4) is 6.07 Å². The first-order valence-electron chi connectivity index (χ1n) is 4.35. The summed E-state index contributed by atoms with van der Waals surface area (Å²) in [5.41, 5.74) is 6.70. The number of hydrogen-bond acceptors (Lipinski definition) is 4. The fourth-order valence-corrected chi connectivity index (χ4v) is 1.75. The van der Waals surface area contributed by atoms with Crippen LogP contribution in [-0.2, 0) is 6.42 Å². The molecule has 13 heavy (non-hydrogen) atoms. The molecule has 2 unspecified atom stereocenters. The zero-order valence-electron chi connectivity index (χ0n) is 7.22. The second-order valence-electron chi connectivity index (χ2n) is 3.33. The van der Waals surface area contributed by atoms with E-state index in [1.165, 1.54) is 0 Å².